The number of aliphatic hydroxyl groups is 2. The van der Waals surface area contributed by atoms with E-state index in [1.54, 1.807) is 0 Å². The van der Waals surface area contributed by atoms with Gasteiger partial charge in [0.2, 0.25) is 0 Å². The molecule has 0 spiro atoms. The van der Waals surface area contributed by atoms with Crippen LogP contribution in [0.3, 0.4) is 0 Å². The Morgan fingerprint density at radius 2 is 2.00 bits per heavy atom. The average molecular weight is 276 g/mol. The molecule has 0 amide bonds. The first kappa shape index (κ1) is 12.3. The molecule has 2 atom stereocenters. The maximum atomic E-state index is 9.73. The lowest BCUT2D eigenvalue weighted by atomic mass is 10.0. The maximum Gasteiger partial charge on any atom is 0.138 e. The molecule has 0 heterocycles. The van der Waals surface area contributed by atoms with Gasteiger partial charge in [-0.1, -0.05) is 22.0 Å². The SMILES string of the molecule is Nc1cc(C(O)C(O)CCBr)ccc1O. The molecule has 1 aromatic rings. The van der Waals surface area contributed by atoms with Gasteiger partial charge in [-0.05, 0) is 24.1 Å². The molecule has 0 aliphatic carbocycles. The average Bonchev–Trinajstić information content (AvgIpc) is 2.21. The third-order valence-electron chi connectivity index (χ3n) is 2.16. The molecule has 0 aromatic heterocycles. The van der Waals surface area contributed by atoms with E-state index >= 15 is 0 Å². The molecule has 0 saturated heterocycles. The summed E-state index contributed by atoms with van der Waals surface area (Å²) in [6, 6.07) is 4.39. The number of nitrogens with two attached hydrogens (primary N) is 1. The van der Waals surface area contributed by atoms with Crippen LogP contribution in [0.5, 0.6) is 5.75 Å². The fourth-order valence-corrected chi connectivity index (χ4v) is 1.72. The van der Waals surface area contributed by atoms with Crippen LogP contribution in [-0.2, 0) is 0 Å². The first-order valence-corrected chi connectivity index (χ1v) is 5.69. The van der Waals surface area contributed by atoms with Gasteiger partial charge < -0.3 is 21.1 Å². The van der Waals surface area contributed by atoms with Crippen LogP contribution in [0.4, 0.5) is 5.69 Å². The number of phenolic OH excluding ortho intramolecular Hbond substituents is 1. The molecule has 5 heteroatoms. The summed E-state index contributed by atoms with van der Waals surface area (Å²) in [5.41, 5.74) is 6.17. The lowest BCUT2D eigenvalue weighted by molar-refractivity contribution is 0.0174. The van der Waals surface area contributed by atoms with Crippen LogP contribution in [0.15, 0.2) is 18.2 Å². The second kappa shape index (κ2) is 5.34. The Morgan fingerprint density at radius 3 is 2.53 bits per heavy atom. The summed E-state index contributed by atoms with van der Waals surface area (Å²) in [6.07, 6.45) is -1.37. The number of halogens is 1. The maximum absolute atomic E-state index is 9.73. The van der Waals surface area contributed by atoms with E-state index in [0.717, 1.165) is 0 Å². The van der Waals surface area contributed by atoms with Crippen molar-refractivity contribution in [2.24, 2.45) is 0 Å². The molecule has 4 nitrogen and oxygen atoms in total. The van der Waals surface area contributed by atoms with Gasteiger partial charge in [0.25, 0.3) is 0 Å². The van der Waals surface area contributed by atoms with Crippen LogP contribution in [0.25, 0.3) is 0 Å². The predicted molar refractivity (Wildman–Crippen MR) is 61.9 cm³/mol. The zero-order valence-electron chi connectivity index (χ0n) is 8.10. The molecule has 0 bridgehead atoms. The highest BCUT2D eigenvalue weighted by atomic mass is 79.9. The smallest absolute Gasteiger partial charge is 0.138 e. The number of anilines is 1. The summed E-state index contributed by atoms with van der Waals surface area (Å²) >= 11 is 3.18. The third kappa shape index (κ3) is 3.09. The molecular formula is C10H14BrNO3. The Bertz CT molecular complexity index is 332. The molecule has 1 aromatic carbocycles. The fraction of sp³-hybridized carbons (Fsp3) is 0.400. The lowest BCUT2D eigenvalue weighted by Gasteiger charge is -2.17. The predicted octanol–water partition coefficient (Wildman–Crippen LogP) is 1.15. The van der Waals surface area contributed by atoms with E-state index < -0.39 is 12.2 Å². The monoisotopic (exact) mass is 275 g/mol. The van der Waals surface area contributed by atoms with Crippen LogP contribution in [0.2, 0.25) is 0 Å². The van der Waals surface area contributed by atoms with Crippen molar-refractivity contribution in [1.82, 2.24) is 0 Å². The molecule has 1 rings (SSSR count). The van der Waals surface area contributed by atoms with Crippen molar-refractivity contribution in [2.75, 3.05) is 11.1 Å². The first-order valence-electron chi connectivity index (χ1n) is 4.56. The zero-order chi connectivity index (χ0) is 11.4. The Morgan fingerprint density at radius 1 is 1.33 bits per heavy atom. The molecule has 0 radical (unpaired) electrons. The van der Waals surface area contributed by atoms with E-state index in [9.17, 15) is 15.3 Å². The minimum absolute atomic E-state index is 0.0269. The Kier molecular flexibility index (Phi) is 4.38. The minimum Gasteiger partial charge on any atom is -0.506 e. The van der Waals surface area contributed by atoms with Gasteiger partial charge in [0.1, 0.15) is 11.9 Å². The second-order valence-electron chi connectivity index (χ2n) is 3.31. The Labute approximate surface area is 96.5 Å². The number of hydrogen-bond acceptors (Lipinski definition) is 4. The van der Waals surface area contributed by atoms with E-state index in [0.29, 0.717) is 17.3 Å². The minimum atomic E-state index is -0.981. The first-order chi connectivity index (χ1) is 7.06. The van der Waals surface area contributed by atoms with Crippen molar-refractivity contribution in [3.63, 3.8) is 0 Å². The summed E-state index contributed by atoms with van der Waals surface area (Å²) in [7, 11) is 0. The van der Waals surface area contributed by atoms with Crippen molar-refractivity contribution in [1.29, 1.82) is 0 Å². The van der Waals surface area contributed by atoms with Crippen LogP contribution in [-0.4, -0.2) is 26.8 Å². The molecule has 2 unspecified atom stereocenters. The van der Waals surface area contributed by atoms with Gasteiger partial charge in [-0.25, -0.2) is 0 Å². The zero-order valence-corrected chi connectivity index (χ0v) is 9.68. The Balaban J connectivity index is 2.81. The van der Waals surface area contributed by atoms with Gasteiger partial charge in [0, 0.05) is 5.33 Å². The van der Waals surface area contributed by atoms with E-state index in [-0.39, 0.29) is 11.4 Å². The van der Waals surface area contributed by atoms with E-state index in [1.165, 1.54) is 18.2 Å². The van der Waals surface area contributed by atoms with Gasteiger partial charge in [-0.3, -0.25) is 0 Å². The van der Waals surface area contributed by atoms with Crippen molar-refractivity contribution in [3.8, 4) is 5.75 Å². The lowest BCUT2D eigenvalue weighted by Crippen LogP contribution is -2.18. The van der Waals surface area contributed by atoms with E-state index in [2.05, 4.69) is 15.9 Å². The summed E-state index contributed by atoms with van der Waals surface area (Å²) in [5.74, 6) is -0.0269. The van der Waals surface area contributed by atoms with Crippen LogP contribution < -0.4 is 5.73 Å². The van der Waals surface area contributed by atoms with Gasteiger partial charge in [-0.15, -0.1) is 0 Å². The number of alkyl halides is 1. The summed E-state index contributed by atoms with van der Waals surface area (Å²) in [4.78, 5) is 0. The number of phenols is 1. The van der Waals surface area contributed by atoms with Crippen molar-refractivity contribution < 1.29 is 15.3 Å². The summed E-state index contributed by atoms with van der Waals surface area (Å²) in [5, 5.41) is 29.1. The van der Waals surface area contributed by atoms with Crippen molar-refractivity contribution in [3.05, 3.63) is 23.8 Å². The van der Waals surface area contributed by atoms with Crippen molar-refractivity contribution in [2.45, 2.75) is 18.6 Å². The molecule has 0 saturated carbocycles. The number of hydrogen-bond donors (Lipinski definition) is 4. The van der Waals surface area contributed by atoms with Crippen LogP contribution in [0, 0.1) is 0 Å². The van der Waals surface area contributed by atoms with Crippen LogP contribution in [0.1, 0.15) is 18.1 Å². The van der Waals surface area contributed by atoms with Crippen LogP contribution >= 0.6 is 15.9 Å². The molecule has 84 valence electrons. The fourth-order valence-electron chi connectivity index (χ4n) is 1.25. The second-order valence-corrected chi connectivity index (χ2v) is 4.10. The van der Waals surface area contributed by atoms with Gasteiger partial charge in [0.05, 0.1) is 11.8 Å². The highest BCUT2D eigenvalue weighted by Gasteiger charge is 2.18. The normalized spacial score (nSPS) is 14.9. The number of aliphatic hydroxyl groups excluding tert-OH is 2. The molecule has 0 aliphatic rings. The number of benzene rings is 1. The Hall–Kier alpha value is -0.780. The molecule has 0 aliphatic heterocycles. The van der Waals surface area contributed by atoms with E-state index in [4.69, 9.17) is 5.73 Å². The molecular weight excluding hydrogens is 262 g/mol. The largest absolute Gasteiger partial charge is 0.506 e. The number of nitrogen functional groups attached to an aromatic ring is 1. The molecule has 15 heavy (non-hydrogen) atoms. The third-order valence-corrected chi connectivity index (χ3v) is 2.62. The summed E-state index contributed by atoms with van der Waals surface area (Å²) < 4.78 is 0. The standard InChI is InChI=1S/C10H14BrNO3/c11-4-3-9(14)10(15)6-1-2-8(13)7(12)5-6/h1-2,5,9-10,13-15H,3-4,12H2. The summed E-state index contributed by atoms with van der Waals surface area (Å²) in [6.45, 7) is 0. The highest BCUT2D eigenvalue weighted by molar-refractivity contribution is 9.09. The molecule has 0 fully saturated rings. The quantitative estimate of drug-likeness (QED) is 0.377. The van der Waals surface area contributed by atoms with Crippen molar-refractivity contribution >= 4 is 21.6 Å². The number of rotatable bonds is 4. The topological polar surface area (TPSA) is 86.7 Å². The van der Waals surface area contributed by atoms with E-state index in [1.807, 2.05) is 0 Å². The highest BCUT2D eigenvalue weighted by Crippen LogP contribution is 2.26. The molecule has 5 N–H and O–H groups in total. The van der Waals surface area contributed by atoms with Gasteiger partial charge in [0.15, 0.2) is 0 Å². The number of aromatic hydroxyl groups is 1. The van der Waals surface area contributed by atoms with Gasteiger partial charge >= 0.3 is 0 Å². The van der Waals surface area contributed by atoms with Gasteiger partial charge in [-0.2, -0.15) is 0 Å².